The van der Waals surface area contributed by atoms with E-state index in [0.29, 0.717) is 19.3 Å². The maximum absolute atomic E-state index is 13.6. The predicted molar refractivity (Wildman–Crippen MR) is 422 cm³/mol. The van der Waals surface area contributed by atoms with E-state index in [2.05, 4.69) is 24.5 Å². The van der Waals surface area contributed by atoms with E-state index in [0.717, 1.165) is 51.9 Å². The molecule has 108 heavy (non-hydrogen) atoms. The van der Waals surface area contributed by atoms with Gasteiger partial charge in [-0.15, -0.1) is 0 Å². The average Bonchev–Trinajstić information content (AvgIpc) is 0.754. The molecular weight excluding hydrogens is 1380 g/mol. The lowest BCUT2D eigenvalue weighted by atomic mass is 9.88. The van der Waals surface area contributed by atoms with Crippen LogP contribution < -0.4 is 10.6 Å². The Bertz CT molecular complexity index is 2140. The summed E-state index contributed by atoms with van der Waals surface area (Å²) in [6.45, 7) is 2.28. The fourth-order valence-electron chi connectivity index (χ4n) is 15.8. The van der Waals surface area contributed by atoms with Crippen molar-refractivity contribution in [2.45, 2.75) is 497 Å². The molecule has 3 fully saturated rings. The highest BCUT2D eigenvalue weighted by molar-refractivity contribution is 5.77. The van der Waals surface area contributed by atoms with Gasteiger partial charge in [0.1, 0.15) is 67.1 Å². The molecule has 0 aromatic rings. The second-order valence-electron chi connectivity index (χ2n) is 32.5. The summed E-state index contributed by atoms with van der Waals surface area (Å²) in [5.41, 5.74) is 0. The van der Waals surface area contributed by atoms with Gasteiger partial charge in [0.15, 0.2) is 12.6 Å². The van der Waals surface area contributed by atoms with Gasteiger partial charge in [-0.25, -0.2) is 4.79 Å². The smallest absolute Gasteiger partial charge is 0.364 e. The van der Waals surface area contributed by atoms with Gasteiger partial charge in [0.2, 0.25) is 11.8 Å². The zero-order valence-corrected chi connectivity index (χ0v) is 68.0. The Kier molecular flexibility index (Phi) is 59.2. The van der Waals surface area contributed by atoms with Gasteiger partial charge in [-0.2, -0.15) is 0 Å². The lowest BCUT2D eigenvalue weighted by molar-refractivity contribution is -0.386. The Labute approximate surface area is 652 Å². The maximum atomic E-state index is 13.6. The molecule has 23 nitrogen and oxygen atoms in total. The summed E-state index contributed by atoms with van der Waals surface area (Å²) in [4.78, 5) is 38.8. The molecular formula is C85H162N2O21. The van der Waals surface area contributed by atoms with Crippen LogP contribution in [0.3, 0.4) is 0 Å². The molecule has 23 heteroatoms. The summed E-state index contributed by atoms with van der Waals surface area (Å²) in [6.07, 6.45) is 41.2. The van der Waals surface area contributed by atoms with Gasteiger partial charge in [-0.3, -0.25) is 9.59 Å². The van der Waals surface area contributed by atoms with E-state index < -0.39 is 148 Å². The number of amides is 2. The van der Waals surface area contributed by atoms with E-state index in [1.807, 2.05) is 0 Å². The number of hydrogen-bond acceptors (Lipinski definition) is 20. The first-order chi connectivity index (χ1) is 52.4. The first-order valence-electron chi connectivity index (χ1n) is 44.4. The number of carboxylic acid groups (broad SMARTS) is 1. The van der Waals surface area contributed by atoms with Crippen molar-refractivity contribution in [3.8, 4) is 0 Å². The van der Waals surface area contributed by atoms with Gasteiger partial charge in [0.05, 0.1) is 50.7 Å². The second-order valence-corrected chi connectivity index (χ2v) is 32.5. The third-order valence-electron chi connectivity index (χ3n) is 22.8. The highest BCUT2D eigenvalue weighted by atomic mass is 16.8. The minimum absolute atomic E-state index is 0.230. The molecule has 0 aromatic heterocycles. The largest absolute Gasteiger partial charge is 0.477 e. The summed E-state index contributed by atoms with van der Waals surface area (Å²) in [7, 11) is 0. The Morgan fingerprint density at radius 1 is 0.444 bits per heavy atom. The van der Waals surface area contributed by atoms with Crippen LogP contribution in [-0.2, 0) is 42.8 Å². The molecule has 2 amide bonds. The molecule has 638 valence electrons. The standard InChI is InChI=1S/C85H162N2O21/c1-4-6-8-10-12-14-16-18-20-22-24-25-26-27-28-29-30-31-32-33-34-35-36-37-38-39-41-43-45-47-49-51-53-55-57-59-72(95)87-66(67(92)58-56-54-52-50-48-46-44-42-40-23-21-19-17-15-13-11-9-7-5-2)64-103-82-77(99)76(98)79(71(63-90)105-82)106-83-78(100)81(75(97)70(62-89)104-83)108-85(84(101)102)60-68(93)73(86-65(3)91)80(107-85)74(96)69(94)61-88/h66-71,73-83,88-90,92-94,96-100H,4-64H2,1-3H3,(H,86,91)(H,87,95)(H,101,102). The highest BCUT2D eigenvalue weighted by Gasteiger charge is 2.60. The lowest BCUT2D eigenvalue weighted by Crippen LogP contribution is -2.70. The molecule has 0 aromatic carbocycles. The quantitative estimate of drug-likeness (QED) is 0.0252. The zero-order valence-electron chi connectivity index (χ0n) is 68.0. The molecule has 0 aliphatic carbocycles. The summed E-state index contributed by atoms with van der Waals surface area (Å²) in [6, 6.07) is -2.53. The minimum Gasteiger partial charge on any atom is -0.477 e. The number of aliphatic carboxylic acids is 1. The third-order valence-corrected chi connectivity index (χ3v) is 22.8. The predicted octanol–water partition coefficient (Wildman–Crippen LogP) is 13.5. The average molecular weight is 1550 g/mol. The van der Waals surface area contributed by atoms with Crippen LogP contribution in [0.1, 0.15) is 387 Å². The van der Waals surface area contributed by atoms with Crippen molar-refractivity contribution in [2.24, 2.45) is 0 Å². The van der Waals surface area contributed by atoms with Crippen LogP contribution in [-0.4, -0.2) is 215 Å². The molecule has 0 radical (unpaired) electrons. The van der Waals surface area contributed by atoms with Crippen LogP contribution >= 0.6 is 0 Å². The number of carbonyl (C=O) groups is 3. The number of aliphatic hydroxyl groups excluding tert-OH is 11. The van der Waals surface area contributed by atoms with Crippen molar-refractivity contribution in [3.63, 3.8) is 0 Å². The van der Waals surface area contributed by atoms with E-state index in [1.54, 1.807) is 0 Å². The number of carboxylic acids is 1. The molecule has 0 bridgehead atoms. The van der Waals surface area contributed by atoms with Gasteiger partial charge in [0.25, 0.3) is 5.79 Å². The van der Waals surface area contributed by atoms with E-state index in [1.165, 1.54) is 289 Å². The van der Waals surface area contributed by atoms with Crippen LogP contribution in [0.15, 0.2) is 0 Å². The van der Waals surface area contributed by atoms with Crippen molar-refractivity contribution in [1.82, 2.24) is 10.6 Å². The number of aliphatic hydroxyl groups is 11. The maximum Gasteiger partial charge on any atom is 0.364 e. The number of unbranched alkanes of at least 4 members (excludes halogenated alkanes) is 52. The van der Waals surface area contributed by atoms with Crippen LogP contribution in [0, 0.1) is 0 Å². The monoisotopic (exact) mass is 1550 g/mol. The van der Waals surface area contributed by atoms with E-state index in [9.17, 15) is 75.7 Å². The molecule has 14 N–H and O–H groups in total. The summed E-state index contributed by atoms with van der Waals surface area (Å²) < 4.78 is 35.0. The Hall–Kier alpha value is -2.27. The fourth-order valence-corrected chi connectivity index (χ4v) is 15.8. The topological polar surface area (TPSA) is 373 Å². The number of carbonyl (C=O) groups excluding carboxylic acids is 2. The Balaban J connectivity index is 1.42. The van der Waals surface area contributed by atoms with Crippen LogP contribution in [0.25, 0.3) is 0 Å². The van der Waals surface area contributed by atoms with Crippen LogP contribution in [0.5, 0.6) is 0 Å². The summed E-state index contributed by atoms with van der Waals surface area (Å²) in [5, 5.41) is 137. The number of ether oxygens (including phenoxy) is 6. The third kappa shape index (κ3) is 42.9. The first-order valence-corrected chi connectivity index (χ1v) is 44.4. The van der Waals surface area contributed by atoms with Crippen molar-refractivity contribution < 1.29 is 104 Å². The Morgan fingerprint density at radius 3 is 1.16 bits per heavy atom. The Morgan fingerprint density at radius 2 is 0.806 bits per heavy atom. The van der Waals surface area contributed by atoms with Crippen molar-refractivity contribution in [1.29, 1.82) is 0 Å². The van der Waals surface area contributed by atoms with E-state index in [-0.39, 0.29) is 18.9 Å². The fraction of sp³-hybridized carbons (Fsp3) is 0.965. The SMILES string of the molecule is CCCCCCCCCCCCCCCCCCCCCCCCCCCCCCCCCCCCCC(=O)NC(COC1OC(CO)C(OC2OC(CO)C(O)C(OC3(C(=O)O)CC(O)C(NC(C)=O)C(C(O)C(O)CO)O3)C2O)C(O)C1O)C(O)CCCCCCCCCCCCCCCCCCCCC. The molecule has 0 spiro atoms. The number of rotatable bonds is 72. The summed E-state index contributed by atoms with van der Waals surface area (Å²) >= 11 is 0. The molecule has 3 rings (SSSR count). The molecule has 3 saturated heterocycles. The molecule has 3 aliphatic heterocycles. The minimum atomic E-state index is -3.08. The van der Waals surface area contributed by atoms with Gasteiger partial charge in [-0.05, 0) is 12.8 Å². The molecule has 0 saturated carbocycles. The van der Waals surface area contributed by atoms with Gasteiger partial charge in [0, 0.05) is 19.8 Å². The number of nitrogens with one attached hydrogen (secondary N) is 2. The van der Waals surface area contributed by atoms with Gasteiger partial charge < -0.3 is 100 Å². The number of hydrogen-bond donors (Lipinski definition) is 14. The normalized spacial score (nSPS) is 25.8. The highest BCUT2D eigenvalue weighted by Crippen LogP contribution is 2.39. The second kappa shape index (κ2) is 64.0. The van der Waals surface area contributed by atoms with E-state index in [4.69, 9.17) is 28.4 Å². The summed E-state index contributed by atoms with van der Waals surface area (Å²) in [5.74, 6) is -6.08. The molecule has 3 heterocycles. The first kappa shape index (κ1) is 99.9. The van der Waals surface area contributed by atoms with Crippen molar-refractivity contribution in [3.05, 3.63) is 0 Å². The van der Waals surface area contributed by atoms with Gasteiger partial charge >= 0.3 is 5.97 Å². The van der Waals surface area contributed by atoms with Crippen LogP contribution in [0.4, 0.5) is 0 Å². The zero-order chi connectivity index (χ0) is 78.8. The molecule has 18 atom stereocenters. The van der Waals surface area contributed by atoms with Crippen molar-refractivity contribution >= 4 is 17.8 Å². The molecule has 18 unspecified atom stereocenters. The van der Waals surface area contributed by atoms with Crippen molar-refractivity contribution in [2.75, 3.05) is 26.4 Å². The van der Waals surface area contributed by atoms with Gasteiger partial charge in [-0.1, -0.05) is 354 Å². The van der Waals surface area contributed by atoms with Crippen LogP contribution in [0.2, 0.25) is 0 Å². The lowest BCUT2D eigenvalue weighted by Gasteiger charge is -2.50. The molecule has 3 aliphatic rings. The van der Waals surface area contributed by atoms with E-state index >= 15 is 0 Å².